The van der Waals surface area contributed by atoms with E-state index in [2.05, 4.69) is 25.8 Å². The maximum Gasteiger partial charge on any atom is 0.220 e. The van der Waals surface area contributed by atoms with Gasteiger partial charge in [0.1, 0.15) is 6.33 Å². The van der Waals surface area contributed by atoms with Gasteiger partial charge in [0.2, 0.25) is 5.91 Å². The molecular weight excluding hydrogens is 467 g/mol. The van der Waals surface area contributed by atoms with Crippen LogP contribution in [0.3, 0.4) is 0 Å². The van der Waals surface area contributed by atoms with Gasteiger partial charge < -0.3 is 5.32 Å². The minimum Gasteiger partial charge on any atom is -0.356 e. The van der Waals surface area contributed by atoms with E-state index in [-0.39, 0.29) is 11.8 Å². The van der Waals surface area contributed by atoms with Gasteiger partial charge in [0, 0.05) is 46.3 Å². The van der Waals surface area contributed by atoms with Crippen molar-refractivity contribution >= 4 is 40.4 Å². The summed E-state index contributed by atoms with van der Waals surface area (Å²) in [5.41, 5.74) is 2.94. The van der Waals surface area contributed by atoms with Crippen molar-refractivity contribution in [2.75, 3.05) is 6.54 Å². The molecule has 164 valence electrons. The number of thiazole rings is 1. The number of rotatable bonds is 9. The smallest absolute Gasteiger partial charge is 0.220 e. The number of halogens is 2. The van der Waals surface area contributed by atoms with Crippen LogP contribution in [0.4, 0.5) is 0 Å². The Morgan fingerprint density at radius 2 is 1.78 bits per heavy atom. The molecule has 0 radical (unpaired) electrons. The Bertz CT molecular complexity index is 1150. The molecule has 0 aliphatic heterocycles. The van der Waals surface area contributed by atoms with Crippen molar-refractivity contribution < 1.29 is 4.79 Å². The molecular formula is C22H20Cl2N6OS. The molecule has 0 saturated carbocycles. The van der Waals surface area contributed by atoms with Gasteiger partial charge in [0.25, 0.3) is 0 Å². The first-order valence-corrected chi connectivity index (χ1v) is 11.6. The summed E-state index contributed by atoms with van der Waals surface area (Å²) in [6, 6.07) is 15.1. The van der Waals surface area contributed by atoms with E-state index in [9.17, 15) is 4.79 Å². The van der Waals surface area contributed by atoms with Crippen molar-refractivity contribution in [1.82, 2.24) is 30.5 Å². The highest BCUT2D eigenvalue weighted by Crippen LogP contribution is 2.25. The Morgan fingerprint density at radius 1 is 1.06 bits per heavy atom. The molecule has 2 heterocycles. The average Bonchev–Trinajstić information content (AvgIpc) is 3.47. The zero-order valence-electron chi connectivity index (χ0n) is 17.0. The van der Waals surface area contributed by atoms with E-state index < -0.39 is 0 Å². The molecule has 2 aromatic heterocycles. The number of benzene rings is 2. The number of carbonyl (C=O) groups is 1. The molecule has 0 saturated heterocycles. The van der Waals surface area contributed by atoms with Crippen LogP contribution in [0, 0.1) is 0 Å². The lowest BCUT2D eigenvalue weighted by molar-refractivity contribution is -0.121. The lowest BCUT2D eigenvalue weighted by Gasteiger charge is -2.17. The largest absolute Gasteiger partial charge is 0.356 e. The van der Waals surface area contributed by atoms with Gasteiger partial charge in [-0.25, -0.2) is 9.67 Å². The first kappa shape index (κ1) is 22.4. The summed E-state index contributed by atoms with van der Waals surface area (Å²) >= 11 is 13.5. The van der Waals surface area contributed by atoms with Crippen molar-refractivity contribution in [3.8, 4) is 11.3 Å². The molecule has 0 bridgehead atoms. The molecule has 10 heteroatoms. The summed E-state index contributed by atoms with van der Waals surface area (Å²) in [4.78, 5) is 17.3. The molecule has 0 unspecified atom stereocenters. The summed E-state index contributed by atoms with van der Waals surface area (Å²) < 4.78 is 1.63. The number of hydrogen-bond acceptors (Lipinski definition) is 6. The number of nitrogens with one attached hydrogen (secondary N) is 1. The quantitative estimate of drug-likeness (QED) is 0.372. The summed E-state index contributed by atoms with van der Waals surface area (Å²) in [7, 11) is 0. The predicted octanol–water partition coefficient (Wildman–Crippen LogP) is 4.64. The first-order valence-electron chi connectivity index (χ1n) is 10.00. The zero-order chi connectivity index (χ0) is 22.3. The molecule has 1 N–H and O–H groups in total. The number of carbonyl (C=O) groups excluding carboxylic acids is 1. The van der Waals surface area contributed by atoms with Crippen molar-refractivity contribution in [3.05, 3.63) is 80.9 Å². The fourth-order valence-electron chi connectivity index (χ4n) is 3.30. The fraction of sp³-hybridized carbons (Fsp3) is 0.227. The molecule has 4 aromatic rings. The van der Waals surface area contributed by atoms with E-state index in [1.54, 1.807) is 22.3 Å². The molecule has 2 aromatic carbocycles. The fourth-order valence-corrected chi connectivity index (χ4v) is 4.36. The third kappa shape index (κ3) is 6.12. The van der Waals surface area contributed by atoms with E-state index in [0.29, 0.717) is 36.0 Å². The Balaban J connectivity index is 1.32. The van der Waals surface area contributed by atoms with Crippen LogP contribution in [-0.2, 0) is 17.8 Å². The Hall–Kier alpha value is -2.81. The van der Waals surface area contributed by atoms with Crippen molar-refractivity contribution in [3.63, 3.8) is 0 Å². The highest BCUT2D eigenvalue weighted by atomic mass is 35.5. The van der Waals surface area contributed by atoms with E-state index in [1.165, 1.54) is 0 Å². The molecule has 1 atom stereocenters. The highest BCUT2D eigenvalue weighted by molar-refractivity contribution is 7.09. The molecule has 1 amide bonds. The van der Waals surface area contributed by atoms with Gasteiger partial charge in [-0.1, -0.05) is 47.5 Å². The number of tetrazole rings is 1. The average molecular weight is 487 g/mol. The van der Waals surface area contributed by atoms with Crippen LogP contribution >= 0.6 is 34.5 Å². The Labute approximate surface area is 199 Å². The molecule has 0 aliphatic carbocycles. The molecule has 0 fully saturated rings. The van der Waals surface area contributed by atoms with Crippen LogP contribution < -0.4 is 5.32 Å². The van der Waals surface area contributed by atoms with Crippen LogP contribution in [0.2, 0.25) is 10.0 Å². The minimum absolute atomic E-state index is 0.0347. The second kappa shape index (κ2) is 10.7. The third-order valence-corrected chi connectivity index (χ3v) is 6.34. The van der Waals surface area contributed by atoms with E-state index in [4.69, 9.17) is 23.2 Å². The second-order valence-electron chi connectivity index (χ2n) is 7.22. The van der Waals surface area contributed by atoms with Crippen molar-refractivity contribution in [2.24, 2.45) is 0 Å². The highest BCUT2D eigenvalue weighted by Gasteiger charge is 2.18. The topological polar surface area (TPSA) is 85.6 Å². The molecule has 32 heavy (non-hydrogen) atoms. The lowest BCUT2D eigenvalue weighted by atomic mass is 9.95. The normalized spacial score (nSPS) is 11.9. The maximum atomic E-state index is 12.6. The predicted molar refractivity (Wildman–Crippen MR) is 126 cm³/mol. The molecule has 7 nitrogen and oxygen atoms in total. The molecule has 4 rings (SSSR count). The van der Waals surface area contributed by atoms with E-state index in [1.807, 2.05) is 53.9 Å². The van der Waals surface area contributed by atoms with Crippen molar-refractivity contribution in [2.45, 2.75) is 25.3 Å². The minimum atomic E-state index is -0.0767. The Morgan fingerprint density at radius 3 is 2.47 bits per heavy atom. The van der Waals surface area contributed by atoms with Crippen LogP contribution in [-0.4, -0.2) is 37.6 Å². The van der Waals surface area contributed by atoms with E-state index >= 15 is 0 Å². The SMILES string of the molecule is O=C(C[C@H](Cn1cnnn1)c1ccc(Cl)cc1)NCCc1nc(-c2ccc(Cl)cc2)cs1. The van der Waals surface area contributed by atoms with Gasteiger partial charge >= 0.3 is 0 Å². The van der Waals surface area contributed by atoms with Gasteiger partial charge in [0.05, 0.1) is 17.2 Å². The summed E-state index contributed by atoms with van der Waals surface area (Å²) in [5.74, 6) is -0.111. The maximum absolute atomic E-state index is 12.6. The van der Waals surface area contributed by atoms with Gasteiger partial charge in [-0.3, -0.25) is 4.79 Å². The van der Waals surface area contributed by atoms with Crippen LogP contribution in [0.25, 0.3) is 11.3 Å². The van der Waals surface area contributed by atoms with Gasteiger partial charge in [-0.2, -0.15) is 0 Å². The summed E-state index contributed by atoms with van der Waals surface area (Å²) in [5, 5.41) is 18.6. The van der Waals surface area contributed by atoms with Gasteiger partial charge in [0.15, 0.2) is 0 Å². The van der Waals surface area contributed by atoms with Crippen LogP contribution in [0.1, 0.15) is 22.9 Å². The van der Waals surface area contributed by atoms with Crippen LogP contribution in [0.5, 0.6) is 0 Å². The molecule has 0 aliphatic rings. The van der Waals surface area contributed by atoms with Gasteiger partial charge in [-0.15, -0.1) is 16.4 Å². The summed E-state index contributed by atoms with van der Waals surface area (Å²) in [6.45, 7) is 1.02. The third-order valence-electron chi connectivity index (χ3n) is 4.92. The summed E-state index contributed by atoms with van der Waals surface area (Å²) in [6.07, 6.45) is 2.53. The van der Waals surface area contributed by atoms with E-state index in [0.717, 1.165) is 21.8 Å². The molecule has 0 spiro atoms. The number of hydrogen-bond donors (Lipinski definition) is 1. The van der Waals surface area contributed by atoms with Gasteiger partial charge in [-0.05, 0) is 40.3 Å². The number of nitrogens with zero attached hydrogens (tertiary/aromatic N) is 5. The van der Waals surface area contributed by atoms with Crippen LogP contribution in [0.15, 0.2) is 60.2 Å². The first-order chi connectivity index (χ1) is 15.6. The zero-order valence-corrected chi connectivity index (χ0v) is 19.3. The lowest BCUT2D eigenvalue weighted by Crippen LogP contribution is -2.28. The Kier molecular flexibility index (Phi) is 7.47. The van der Waals surface area contributed by atoms with Crippen molar-refractivity contribution in [1.29, 1.82) is 0 Å². The second-order valence-corrected chi connectivity index (χ2v) is 9.03. The number of aromatic nitrogens is 5. The standard InChI is InChI=1S/C22H20Cl2N6OS/c23-18-5-1-15(2-6-18)17(12-30-14-26-28-29-30)11-21(31)25-10-9-22-27-20(13-32-22)16-3-7-19(24)8-4-16/h1-8,13-14,17H,9-12H2,(H,25,31)/t17-/m1/s1. The number of amides is 1. The monoisotopic (exact) mass is 486 g/mol.